The Bertz CT molecular complexity index is 1110. The second-order valence-corrected chi connectivity index (χ2v) is 6.11. The maximum atomic E-state index is 12.4. The van der Waals surface area contributed by atoms with Crippen molar-refractivity contribution in [3.8, 4) is 0 Å². The monoisotopic (exact) mass is 360 g/mol. The van der Waals surface area contributed by atoms with Crippen LogP contribution in [0.2, 0.25) is 0 Å². The molecule has 0 spiro atoms. The highest BCUT2D eigenvalue weighted by Gasteiger charge is 2.13. The largest absolute Gasteiger partial charge is 0.459 e. The molecule has 0 aliphatic carbocycles. The number of rotatable bonds is 4. The molecule has 27 heavy (non-hydrogen) atoms. The van der Waals surface area contributed by atoms with E-state index in [0.717, 1.165) is 10.9 Å². The Morgan fingerprint density at radius 1 is 0.815 bits per heavy atom. The van der Waals surface area contributed by atoms with Gasteiger partial charge in [-0.1, -0.05) is 11.6 Å². The molecule has 6 nitrogen and oxygen atoms in total. The van der Waals surface area contributed by atoms with Gasteiger partial charge in [-0.05, 0) is 61.5 Å². The molecule has 134 valence electrons. The first-order valence-corrected chi connectivity index (χ1v) is 8.35. The molecule has 0 saturated heterocycles. The fourth-order valence-electron chi connectivity index (χ4n) is 2.70. The molecule has 0 atom stereocenters. The van der Waals surface area contributed by atoms with Crippen molar-refractivity contribution in [3.63, 3.8) is 0 Å². The summed E-state index contributed by atoms with van der Waals surface area (Å²) in [6.45, 7) is 1.98. The number of hydrogen-bond donors (Lipinski definition) is 2. The normalized spacial score (nSPS) is 10.7. The van der Waals surface area contributed by atoms with E-state index in [-0.39, 0.29) is 23.3 Å². The van der Waals surface area contributed by atoms with Gasteiger partial charge in [0, 0.05) is 16.8 Å². The molecule has 6 heteroatoms. The van der Waals surface area contributed by atoms with Gasteiger partial charge in [-0.25, -0.2) is 0 Å². The van der Waals surface area contributed by atoms with E-state index in [1.165, 1.54) is 6.26 Å². The summed E-state index contributed by atoms with van der Waals surface area (Å²) in [5, 5.41) is 6.38. The first-order valence-electron chi connectivity index (χ1n) is 8.35. The van der Waals surface area contributed by atoms with Crippen LogP contribution in [0.15, 0.2) is 75.8 Å². The zero-order valence-electron chi connectivity index (χ0n) is 14.5. The summed E-state index contributed by atoms with van der Waals surface area (Å²) in [7, 11) is 0. The molecule has 0 radical (unpaired) electrons. The summed E-state index contributed by atoms with van der Waals surface area (Å²) < 4.78 is 10.6. The minimum atomic E-state index is -0.339. The lowest BCUT2D eigenvalue weighted by atomic mass is 10.2. The topological polar surface area (TPSA) is 84.5 Å². The summed E-state index contributed by atoms with van der Waals surface area (Å²) in [5.74, 6) is -0.205. The number of nitrogens with one attached hydrogen (secondary N) is 2. The third-order valence-corrected chi connectivity index (χ3v) is 4.04. The van der Waals surface area contributed by atoms with Crippen LogP contribution < -0.4 is 10.6 Å². The van der Waals surface area contributed by atoms with Gasteiger partial charge in [0.15, 0.2) is 11.5 Å². The minimum absolute atomic E-state index is 0.229. The molecule has 0 aliphatic heterocycles. The van der Waals surface area contributed by atoms with Crippen LogP contribution in [-0.2, 0) is 0 Å². The van der Waals surface area contributed by atoms with Crippen molar-refractivity contribution < 1.29 is 18.4 Å². The zero-order chi connectivity index (χ0) is 18.8. The third-order valence-electron chi connectivity index (χ3n) is 4.04. The van der Waals surface area contributed by atoms with Crippen LogP contribution in [0.1, 0.15) is 26.7 Å². The number of anilines is 2. The van der Waals surface area contributed by atoms with Crippen molar-refractivity contribution in [1.29, 1.82) is 0 Å². The number of carbonyl (C=O) groups excluding carboxylic acids is 2. The molecule has 2 heterocycles. The lowest BCUT2D eigenvalue weighted by Crippen LogP contribution is -2.12. The highest BCUT2D eigenvalue weighted by atomic mass is 16.3. The molecule has 0 saturated carbocycles. The highest BCUT2D eigenvalue weighted by Crippen LogP contribution is 2.22. The van der Waals surface area contributed by atoms with Crippen LogP contribution in [0.25, 0.3) is 11.0 Å². The Balaban J connectivity index is 1.44. The summed E-state index contributed by atoms with van der Waals surface area (Å²) in [4.78, 5) is 24.3. The zero-order valence-corrected chi connectivity index (χ0v) is 14.5. The maximum absolute atomic E-state index is 12.4. The molecule has 0 unspecified atom stereocenters. The SMILES string of the molecule is Cc1ccc2oc(C(=O)Nc3ccc(NC(=O)c4ccco4)cc3)cc2c1. The van der Waals surface area contributed by atoms with Crippen molar-refractivity contribution in [2.24, 2.45) is 0 Å². The number of fused-ring (bicyclic) bond motifs is 1. The van der Waals surface area contributed by atoms with Crippen LogP contribution in [0.4, 0.5) is 11.4 Å². The van der Waals surface area contributed by atoms with Crippen molar-refractivity contribution in [3.05, 3.63) is 84.0 Å². The Labute approximate surface area is 154 Å². The second-order valence-electron chi connectivity index (χ2n) is 6.11. The van der Waals surface area contributed by atoms with Crippen LogP contribution >= 0.6 is 0 Å². The molecule has 2 aromatic carbocycles. The smallest absolute Gasteiger partial charge is 0.291 e. The van der Waals surface area contributed by atoms with E-state index in [0.29, 0.717) is 17.0 Å². The highest BCUT2D eigenvalue weighted by molar-refractivity contribution is 6.05. The van der Waals surface area contributed by atoms with Crippen LogP contribution in [0, 0.1) is 6.92 Å². The number of furan rings is 2. The number of carbonyl (C=O) groups is 2. The van der Waals surface area contributed by atoms with Gasteiger partial charge in [0.25, 0.3) is 11.8 Å². The molecule has 4 aromatic rings. The van der Waals surface area contributed by atoms with E-state index in [2.05, 4.69) is 10.6 Å². The average Bonchev–Trinajstić information content (AvgIpc) is 3.32. The molecule has 2 N–H and O–H groups in total. The number of hydrogen-bond acceptors (Lipinski definition) is 4. The van der Waals surface area contributed by atoms with Gasteiger partial charge >= 0.3 is 0 Å². The minimum Gasteiger partial charge on any atom is -0.459 e. The molecular weight excluding hydrogens is 344 g/mol. The average molecular weight is 360 g/mol. The fourth-order valence-corrected chi connectivity index (χ4v) is 2.70. The van der Waals surface area contributed by atoms with Gasteiger partial charge in [0.1, 0.15) is 5.58 Å². The Morgan fingerprint density at radius 2 is 1.48 bits per heavy atom. The molecule has 0 aliphatic rings. The maximum Gasteiger partial charge on any atom is 0.291 e. The molecule has 0 bridgehead atoms. The summed E-state index contributed by atoms with van der Waals surface area (Å²) >= 11 is 0. The number of benzene rings is 2. The van der Waals surface area contributed by atoms with E-state index >= 15 is 0 Å². The third kappa shape index (κ3) is 3.59. The Morgan fingerprint density at radius 3 is 2.11 bits per heavy atom. The molecule has 4 rings (SSSR count). The van der Waals surface area contributed by atoms with Crippen LogP contribution in [-0.4, -0.2) is 11.8 Å². The van der Waals surface area contributed by atoms with E-state index in [4.69, 9.17) is 8.83 Å². The van der Waals surface area contributed by atoms with E-state index in [9.17, 15) is 9.59 Å². The lowest BCUT2D eigenvalue weighted by molar-refractivity contribution is 0.0990. The van der Waals surface area contributed by atoms with Gasteiger partial charge in [-0.3, -0.25) is 9.59 Å². The predicted molar refractivity (Wildman–Crippen MR) is 102 cm³/mol. The Kier molecular flexibility index (Phi) is 4.22. The van der Waals surface area contributed by atoms with E-state index < -0.39 is 0 Å². The van der Waals surface area contributed by atoms with E-state index in [1.807, 2.05) is 25.1 Å². The quantitative estimate of drug-likeness (QED) is 0.545. The van der Waals surface area contributed by atoms with E-state index in [1.54, 1.807) is 42.5 Å². The summed E-state index contributed by atoms with van der Waals surface area (Å²) in [6, 6.07) is 17.5. The second kappa shape index (κ2) is 6.84. The molecular formula is C21H16N2O4. The number of amides is 2. The first kappa shape index (κ1) is 16.7. The lowest BCUT2D eigenvalue weighted by Gasteiger charge is -2.06. The number of aryl methyl sites for hydroxylation is 1. The Hall–Kier alpha value is -3.80. The van der Waals surface area contributed by atoms with Gasteiger partial charge in [-0.2, -0.15) is 0 Å². The fraction of sp³-hybridized carbons (Fsp3) is 0.0476. The summed E-state index contributed by atoms with van der Waals surface area (Å²) in [5.41, 5.74) is 2.95. The molecule has 2 aromatic heterocycles. The van der Waals surface area contributed by atoms with Crippen LogP contribution in [0.3, 0.4) is 0 Å². The van der Waals surface area contributed by atoms with Crippen molar-refractivity contribution >= 4 is 34.2 Å². The predicted octanol–water partition coefficient (Wildman–Crippen LogP) is 4.84. The molecule has 0 fully saturated rings. The van der Waals surface area contributed by atoms with Crippen LogP contribution in [0.5, 0.6) is 0 Å². The van der Waals surface area contributed by atoms with Crippen molar-refractivity contribution in [2.75, 3.05) is 10.6 Å². The van der Waals surface area contributed by atoms with Gasteiger partial charge in [0.05, 0.1) is 6.26 Å². The van der Waals surface area contributed by atoms with Gasteiger partial charge < -0.3 is 19.5 Å². The van der Waals surface area contributed by atoms with Crippen molar-refractivity contribution in [2.45, 2.75) is 6.92 Å². The van der Waals surface area contributed by atoms with Gasteiger partial charge in [-0.15, -0.1) is 0 Å². The molecule has 2 amide bonds. The van der Waals surface area contributed by atoms with Gasteiger partial charge in [0.2, 0.25) is 0 Å². The van der Waals surface area contributed by atoms with Crippen molar-refractivity contribution in [1.82, 2.24) is 0 Å². The first-order chi connectivity index (χ1) is 13.1. The standard InChI is InChI=1S/C21H16N2O4/c1-13-4-9-17-14(11-13)12-19(27-17)21(25)23-16-7-5-15(6-8-16)22-20(24)18-3-2-10-26-18/h2-12H,1H3,(H,22,24)(H,23,25). The summed E-state index contributed by atoms with van der Waals surface area (Å²) in [6.07, 6.45) is 1.44.